The maximum atomic E-state index is 14.8. The maximum absolute atomic E-state index is 14.8. The van der Waals surface area contributed by atoms with Crippen LogP contribution in [-0.4, -0.2) is 37.3 Å². The van der Waals surface area contributed by atoms with E-state index in [-0.39, 0.29) is 18.6 Å². The molecule has 4 aromatic rings. The van der Waals surface area contributed by atoms with Gasteiger partial charge in [0, 0.05) is 25.3 Å². The summed E-state index contributed by atoms with van der Waals surface area (Å²) >= 11 is 0. The Morgan fingerprint density at radius 1 is 0.881 bits per heavy atom. The summed E-state index contributed by atoms with van der Waals surface area (Å²) in [4.78, 5) is 2.28. The molecule has 1 saturated heterocycles. The average Bonchev–Trinajstić information content (AvgIpc) is 3.36. The fourth-order valence-corrected chi connectivity index (χ4v) is 6.49. The first kappa shape index (κ1) is 28.2. The van der Waals surface area contributed by atoms with Gasteiger partial charge >= 0.3 is 0 Å². The lowest BCUT2D eigenvalue weighted by molar-refractivity contribution is 0.198. The summed E-state index contributed by atoms with van der Waals surface area (Å²) in [5.74, 6) is 0.660. The van der Waals surface area contributed by atoms with Gasteiger partial charge in [-0.15, -0.1) is 0 Å². The van der Waals surface area contributed by atoms with Crippen molar-refractivity contribution >= 4 is 16.8 Å². The summed E-state index contributed by atoms with van der Waals surface area (Å²) < 4.78 is 33.7. The number of aryl methyl sites for hydroxylation is 1. The zero-order valence-electron chi connectivity index (χ0n) is 24.2. The standard InChI is InChI=1S/C37H38F2N2O/c1-25-33(9-4-11-36(25)39)35-10-3-7-29-22-28(27-6-2-8-30(40)23-27)14-17-34(29)37(35)26-12-15-31(16-13-26)42-32-18-21-41(24-32)20-5-19-38/h2,4,6,8-9,11-17,22-23,32H,3,5,7,10,18-21,24,40H2,1H3. The van der Waals surface area contributed by atoms with Crippen molar-refractivity contribution in [2.45, 2.75) is 45.1 Å². The molecule has 1 aliphatic carbocycles. The van der Waals surface area contributed by atoms with E-state index in [4.69, 9.17) is 10.5 Å². The fraction of sp³-hybridized carbons (Fsp3) is 0.297. The van der Waals surface area contributed by atoms with Gasteiger partial charge in [-0.1, -0.05) is 54.6 Å². The van der Waals surface area contributed by atoms with E-state index in [1.54, 1.807) is 0 Å². The minimum Gasteiger partial charge on any atom is -0.489 e. The van der Waals surface area contributed by atoms with Gasteiger partial charge in [-0.05, 0) is 119 Å². The third-order valence-electron chi connectivity index (χ3n) is 8.64. The Labute approximate surface area is 247 Å². The first-order valence-corrected chi connectivity index (χ1v) is 15.0. The third kappa shape index (κ3) is 5.98. The average molecular weight is 565 g/mol. The van der Waals surface area contributed by atoms with Crippen molar-refractivity contribution in [1.29, 1.82) is 0 Å². The quantitative estimate of drug-likeness (QED) is 0.218. The fourth-order valence-electron chi connectivity index (χ4n) is 6.49. The second kappa shape index (κ2) is 12.5. The Bertz CT molecular complexity index is 1590. The van der Waals surface area contributed by atoms with Gasteiger partial charge in [-0.25, -0.2) is 4.39 Å². The van der Waals surface area contributed by atoms with Crippen molar-refractivity contribution in [3.63, 3.8) is 0 Å². The van der Waals surface area contributed by atoms with Crippen molar-refractivity contribution in [1.82, 2.24) is 4.90 Å². The van der Waals surface area contributed by atoms with Crippen molar-refractivity contribution in [2.24, 2.45) is 0 Å². The van der Waals surface area contributed by atoms with Gasteiger partial charge in [0.25, 0.3) is 0 Å². The Morgan fingerprint density at radius 3 is 2.48 bits per heavy atom. The van der Waals surface area contributed by atoms with Gasteiger partial charge in [0.15, 0.2) is 0 Å². The number of allylic oxidation sites excluding steroid dienone is 1. The normalized spacial score (nSPS) is 17.3. The number of rotatable bonds is 8. The smallest absolute Gasteiger partial charge is 0.126 e. The zero-order chi connectivity index (χ0) is 29.1. The number of nitrogens with two attached hydrogens (primary N) is 1. The number of ether oxygens (including phenoxy) is 1. The third-order valence-corrected chi connectivity index (χ3v) is 8.64. The molecule has 4 aromatic carbocycles. The summed E-state index contributed by atoms with van der Waals surface area (Å²) in [5, 5.41) is 0. The molecule has 2 N–H and O–H groups in total. The largest absolute Gasteiger partial charge is 0.489 e. The molecule has 1 aliphatic heterocycles. The molecule has 0 saturated carbocycles. The molecule has 3 nitrogen and oxygen atoms in total. The Kier molecular flexibility index (Phi) is 8.38. The minimum absolute atomic E-state index is 0.115. The van der Waals surface area contributed by atoms with Crippen LogP contribution in [0.3, 0.4) is 0 Å². The number of benzene rings is 4. The van der Waals surface area contributed by atoms with E-state index in [0.29, 0.717) is 12.0 Å². The molecule has 0 amide bonds. The molecule has 1 heterocycles. The molecule has 6 rings (SSSR count). The number of hydrogen-bond donors (Lipinski definition) is 1. The monoisotopic (exact) mass is 564 g/mol. The SMILES string of the molecule is Cc1c(F)cccc1C1=C(c2ccc(OC3CCN(CCCF)C3)cc2)c2ccc(-c3cccc(N)c3)cc2CCC1. The van der Waals surface area contributed by atoms with Gasteiger partial charge in [-0.3, -0.25) is 9.29 Å². The van der Waals surface area contributed by atoms with E-state index in [9.17, 15) is 8.78 Å². The van der Waals surface area contributed by atoms with Crippen LogP contribution in [0.25, 0.3) is 22.3 Å². The molecule has 0 aromatic heterocycles. The van der Waals surface area contributed by atoms with E-state index in [1.807, 2.05) is 49.4 Å². The number of anilines is 1. The van der Waals surface area contributed by atoms with Gasteiger partial charge in [0.1, 0.15) is 17.7 Å². The van der Waals surface area contributed by atoms with Crippen LogP contribution in [0.5, 0.6) is 5.75 Å². The van der Waals surface area contributed by atoms with Crippen LogP contribution >= 0.6 is 0 Å². The molecule has 42 heavy (non-hydrogen) atoms. The molecule has 2 aliphatic rings. The molecule has 0 radical (unpaired) electrons. The molecule has 1 fully saturated rings. The van der Waals surface area contributed by atoms with Crippen LogP contribution in [0.4, 0.5) is 14.5 Å². The summed E-state index contributed by atoms with van der Waals surface area (Å²) in [6.07, 6.45) is 4.41. The van der Waals surface area contributed by atoms with E-state index in [0.717, 1.165) is 84.6 Å². The van der Waals surface area contributed by atoms with Crippen LogP contribution in [0.15, 0.2) is 84.9 Å². The Hall–Kier alpha value is -3.96. The Morgan fingerprint density at radius 2 is 1.67 bits per heavy atom. The van der Waals surface area contributed by atoms with Crippen molar-refractivity contribution in [3.8, 4) is 16.9 Å². The predicted octanol–water partition coefficient (Wildman–Crippen LogP) is 8.49. The minimum atomic E-state index is -0.276. The van der Waals surface area contributed by atoms with E-state index >= 15 is 0 Å². The first-order valence-electron chi connectivity index (χ1n) is 15.0. The van der Waals surface area contributed by atoms with E-state index in [2.05, 4.69) is 41.3 Å². The second-order valence-electron chi connectivity index (χ2n) is 11.5. The van der Waals surface area contributed by atoms with Crippen molar-refractivity contribution < 1.29 is 13.5 Å². The summed E-state index contributed by atoms with van der Waals surface area (Å²) in [7, 11) is 0. The number of fused-ring (bicyclic) bond motifs is 1. The highest BCUT2D eigenvalue weighted by Crippen LogP contribution is 2.42. The topological polar surface area (TPSA) is 38.5 Å². The predicted molar refractivity (Wildman–Crippen MR) is 169 cm³/mol. The van der Waals surface area contributed by atoms with E-state index in [1.165, 1.54) is 22.8 Å². The molecule has 1 atom stereocenters. The second-order valence-corrected chi connectivity index (χ2v) is 11.5. The van der Waals surface area contributed by atoms with Crippen LogP contribution in [0, 0.1) is 12.7 Å². The number of halogens is 2. The summed E-state index contributed by atoms with van der Waals surface area (Å²) in [5.41, 5.74) is 16.6. The van der Waals surface area contributed by atoms with Crippen LogP contribution in [-0.2, 0) is 6.42 Å². The highest BCUT2D eigenvalue weighted by molar-refractivity contribution is 6.00. The molecule has 0 spiro atoms. The highest BCUT2D eigenvalue weighted by Gasteiger charge is 2.25. The number of likely N-dealkylation sites (tertiary alicyclic amines) is 1. The van der Waals surface area contributed by atoms with Gasteiger partial charge in [0.2, 0.25) is 0 Å². The van der Waals surface area contributed by atoms with Crippen LogP contribution in [0.1, 0.15) is 53.5 Å². The molecule has 5 heteroatoms. The zero-order valence-corrected chi connectivity index (χ0v) is 24.2. The molecule has 216 valence electrons. The molecule has 0 bridgehead atoms. The first-order chi connectivity index (χ1) is 20.5. The van der Waals surface area contributed by atoms with E-state index < -0.39 is 0 Å². The number of hydrogen-bond acceptors (Lipinski definition) is 3. The van der Waals surface area contributed by atoms with Gasteiger partial charge in [0.05, 0.1) is 6.67 Å². The molecule has 1 unspecified atom stereocenters. The lowest BCUT2D eigenvalue weighted by atomic mass is 9.85. The number of nitrogen functional groups attached to an aromatic ring is 1. The maximum Gasteiger partial charge on any atom is 0.126 e. The molecular weight excluding hydrogens is 526 g/mol. The van der Waals surface area contributed by atoms with Crippen molar-refractivity contribution in [2.75, 3.05) is 32.0 Å². The van der Waals surface area contributed by atoms with Gasteiger partial charge in [-0.2, -0.15) is 0 Å². The van der Waals surface area contributed by atoms with Crippen LogP contribution in [0.2, 0.25) is 0 Å². The summed E-state index contributed by atoms with van der Waals surface area (Å²) in [6, 6.07) is 28.4. The summed E-state index contributed by atoms with van der Waals surface area (Å²) in [6.45, 7) is 4.16. The number of alkyl halides is 1. The van der Waals surface area contributed by atoms with Crippen LogP contribution < -0.4 is 10.5 Å². The van der Waals surface area contributed by atoms with Gasteiger partial charge < -0.3 is 10.5 Å². The van der Waals surface area contributed by atoms with Crippen molar-refractivity contribution in [3.05, 3.63) is 119 Å². The molecular formula is C37H38F2N2O. The lowest BCUT2D eigenvalue weighted by Gasteiger charge is -2.20. The number of nitrogens with zero attached hydrogens (tertiary/aromatic N) is 1. The Balaban J connectivity index is 1.38. The highest BCUT2D eigenvalue weighted by atomic mass is 19.1. The lowest BCUT2D eigenvalue weighted by Crippen LogP contribution is -2.26.